The summed E-state index contributed by atoms with van der Waals surface area (Å²) in [5.41, 5.74) is 1.07. The van der Waals surface area contributed by atoms with E-state index in [4.69, 9.17) is 10.00 Å². The zero-order chi connectivity index (χ0) is 19.1. The third-order valence-electron chi connectivity index (χ3n) is 4.27. The quantitative estimate of drug-likeness (QED) is 0.828. The molecule has 1 aromatic heterocycles. The number of benzene rings is 1. The molecule has 1 fully saturated rings. The van der Waals surface area contributed by atoms with Crippen LogP contribution in [0.4, 0.5) is 11.5 Å². The van der Waals surface area contributed by atoms with E-state index in [1.54, 1.807) is 6.20 Å². The Balaban J connectivity index is 1.45. The number of ether oxygens (including phenoxy) is 1. The Morgan fingerprint density at radius 1 is 1.19 bits per heavy atom. The van der Waals surface area contributed by atoms with Crippen LogP contribution in [0.5, 0.6) is 5.75 Å². The fourth-order valence-electron chi connectivity index (χ4n) is 2.88. The molecule has 0 saturated carbocycles. The third kappa shape index (κ3) is 5.15. The monoisotopic (exact) mass is 366 g/mol. The van der Waals surface area contributed by atoms with Crippen molar-refractivity contribution in [1.29, 1.82) is 5.26 Å². The molecule has 0 radical (unpaired) electrons. The number of hydrogen-bond acceptors (Lipinski definition) is 7. The van der Waals surface area contributed by atoms with Gasteiger partial charge in [0.05, 0.1) is 25.5 Å². The molecule has 8 heteroatoms. The first-order chi connectivity index (χ1) is 13.2. The minimum absolute atomic E-state index is 0.0363. The Bertz CT molecular complexity index is 792. The van der Waals surface area contributed by atoms with Crippen LogP contribution in [0.3, 0.4) is 0 Å². The van der Waals surface area contributed by atoms with Gasteiger partial charge in [-0.3, -0.25) is 9.69 Å². The zero-order valence-corrected chi connectivity index (χ0v) is 15.3. The molecule has 1 saturated heterocycles. The van der Waals surface area contributed by atoms with E-state index in [0.717, 1.165) is 43.4 Å². The molecule has 1 amide bonds. The van der Waals surface area contributed by atoms with Crippen LogP contribution in [0.15, 0.2) is 36.7 Å². The number of nitriles is 1. The van der Waals surface area contributed by atoms with Gasteiger partial charge in [0.2, 0.25) is 5.91 Å². The van der Waals surface area contributed by atoms with Crippen LogP contribution in [0.2, 0.25) is 0 Å². The van der Waals surface area contributed by atoms with Crippen molar-refractivity contribution in [1.82, 2.24) is 14.9 Å². The average Bonchev–Trinajstić information content (AvgIpc) is 2.70. The molecule has 0 unspecified atom stereocenters. The van der Waals surface area contributed by atoms with Crippen molar-refractivity contribution in [3.63, 3.8) is 0 Å². The van der Waals surface area contributed by atoms with Gasteiger partial charge in [-0.1, -0.05) is 0 Å². The minimum Gasteiger partial charge on any atom is -0.494 e. The number of rotatable bonds is 6. The molecule has 0 bridgehead atoms. The van der Waals surface area contributed by atoms with E-state index < -0.39 is 0 Å². The van der Waals surface area contributed by atoms with Crippen molar-refractivity contribution in [2.45, 2.75) is 6.92 Å². The van der Waals surface area contributed by atoms with E-state index >= 15 is 0 Å². The molecular weight excluding hydrogens is 344 g/mol. The first-order valence-electron chi connectivity index (χ1n) is 8.90. The Hall–Kier alpha value is -3.18. The molecular formula is C19H22N6O2. The molecule has 1 N–H and O–H groups in total. The SMILES string of the molecule is CCOc1ccc(NC(=O)CN2CCN(c3cnc(C#N)cn3)CC2)cc1. The van der Waals surface area contributed by atoms with E-state index in [2.05, 4.69) is 25.1 Å². The van der Waals surface area contributed by atoms with Crippen LogP contribution < -0.4 is 15.0 Å². The molecule has 3 rings (SSSR count). The van der Waals surface area contributed by atoms with E-state index in [1.165, 1.54) is 6.20 Å². The Kier molecular flexibility index (Phi) is 6.18. The summed E-state index contributed by atoms with van der Waals surface area (Å²) >= 11 is 0. The van der Waals surface area contributed by atoms with Crippen LogP contribution in [0, 0.1) is 11.3 Å². The van der Waals surface area contributed by atoms with Crippen LogP contribution in [-0.4, -0.2) is 60.1 Å². The highest BCUT2D eigenvalue weighted by Gasteiger charge is 2.20. The first kappa shape index (κ1) is 18.6. The maximum absolute atomic E-state index is 12.3. The second-order valence-electron chi connectivity index (χ2n) is 6.14. The smallest absolute Gasteiger partial charge is 0.238 e. The molecule has 2 heterocycles. The topological polar surface area (TPSA) is 94.4 Å². The van der Waals surface area contributed by atoms with E-state index in [-0.39, 0.29) is 5.91 Å². The standard InChI is InChI=1S/C19H22N6O2/c1-2-27-17-5-3-15(4-6-17)23-19(26)14-24-7-9-25(10-8-24)18-13-21-16(11-20)12-22-18/h3-6,12-13H,2,7-10,14H2,1H3,(H,23,26). The molecule has 1 aromatic carbocycles. The molecule has 27 heavy (non-hydrogen) atoms. The summed E-state index contributed by atoms with van der Waals surface area (Å²) in [4.78, 5) is 24.8. The lowest BCUT2D eigenvalue weighted by molar-refractivity contribution is -0.117. The van der Waals surface area contributed by atoms with E-state index in [0.29, 0.717) is 18.8 Å². The Morgan fingerprint density at radius 2 is 1.93 bits per heavy atom. The lowest BCUT2D eigenvalue weighted by atomic mass is 10.3. The normalized spacial score (nSPS) is 14.4. The third-order valence-corrected chi connectivity index (χ3v) is 4.27. The predicted molar refractivity (Wildman–Crippen MR) is 102 cm³/mol. The van der Waals surface area contributed by atoms with Gasteiger partial charge >= 0.3 is 0 Å². The Morgan fingerprint density at radius 3 is 2.52 bits per heavy atom. The maximum atomic E-state index is 12.3. The molecule has 0 aliphatic carbocycles. The van der Waals surface area contributed by atoms with Gasteiger partial charge in [-0.15, -0.1) is 0 Å². The van der Waals surface area contributed by atoms with Crippen LogP contribution >= 0.6 is 0 Å². The van der Waals surface area contributed by atoms with Crippen molar-refractivity contribution in [3.05, 3.63) is 42.4 Å². The molecule has 1 aliphatic rings. The average molecular weight is 366 g/mol. The summed E-state index contributed by atoms with van der Waals surface area (Å²) in [5, 5.41) is 11.7. The van der Waals surface area contributed by atoms with Gasteiger partial charge in [-0.2, -0.15) is 5.26 Å². The second-order valence-corrected chi connectivity index (χ2v) is 6.14. The lowest BCUT2D eigenvalue weighted by Crippen LogP contribution is -2.49. The van der Waals surface area contributed by atoms with Crippen molar-refractivity contribution in [2.75, 3.05) is 49.5 Å². The van der Waals surface area contributed by atoms with Gasteiger partial charge in [0.1, 0.15) is 17.6 Å². The predicted octanol–water partition coefficient (Wildman–Crippen LogP) is 1.51. The number of nitrogens with zero attached hydrogens (tertiary/aromatic N) is 5. The highest BCUT2D eigenvalue weighted by Crippen LogP contribution is 2.16. The largest absolute Gasteiger partial charge is 0.494 e. The van der Waals surface area contributed by atoms with Gasteiger partial charge in [0.25, 0.3) is 0 Å². The highest BCUT2D eigenvalue weighted by atomic mass is 16.5. The van der Waals surface area contributed by atoms with Gasteiger partial charge in [-0.25, -0.2) is 9.97 Å². The Labute approximate surface area is 158 Å². The number of carbonyl (C=O) groups is 1. The van der Waals surface area contributed by atoms with Gasteiger partial charge in [0.15, 0.2) is 5.69 Å². The van der Waals surface area contributed by atoms with Crippen LogP contribution in [0.25, 0.3) is 0 Å². The lowest BCUT2D eigenvalue weighted by Gasteiger charge is -2.34. The number of nitrogens with one attached hydrogen (secondary N) is 1. The molecule has 8 nitrogen and oxygen atoms in total. The first-order valence-corrected chi connectivity index (χ1v) is 8.90. The summed E-state index contributed by atoms with van der Waals surface area (Å²) in [7, 11) is 0. The van der Waals surface area contributed by atoms with Crippen LogP contribution in [-0.2, 0) is 4.79 Å². The number of anilines is 2. The zero-order valence-electron chi connectivity index (χ0n) is 15.3. The minimum atomic E-state index is -0.0363. The second kappa shape index (κ2) is 8.96. The van der Waals surface area contributed by atoms with Crippen molar-refractivity contribution in [2.24, 2.45) is 0 Å². The van der Waals surface area contributed by atoms with Crippen LogP contribution in [0.1, 0.15) is 12.6 Å². The number of aromatic nitrogens is 2. The number of hydrogen-bond donors (Lipinski definition) is 1. The van der Waals surface area contributed by atoms with Gasteiger partial charge < -0.3 is 15.0 Å². The molecule has 0 spiro atoms. The summed E-state index contributed by atoms with van der Waals surface area (Å²) in [6.45, 7) is 5.94. The molecule has 1 aliphatic heterocycles. The molecule has 2 aromatic rings. The molecule has 140 valence electrons. The van der Waals surface area contributed by atoms with E-state index in [9.17, 15) is 4.79 Å². The fourth-order valence-corrected chi connectivity index (χ4v) is 2.88. The van der Waals surface area contributed by atoms with Gasteiger partial charge in [0, 0.05) is 31.9 Å². The summed E-state index contributed by atoms with van der Waals surface area (Å²) < 4.78 is 5.40. The molecule has 0 atom stereocenters. The number of piperazine rings is 1. The van der Waals surface area contributed by atoms with E-state index in [1.807, 2.05) is 37.3 Å². The van der Waals surface area contributed by atoms with Gasteiger partial charge in [-0.05, 0) is 31.2 Å². The number of amides is 1. The number of carbonyl (C=O) groups excluding carboxylic acids is 1. The van der Waals surface area contributed by atoms with Crippen molar-refractivity contribution in [3.8, 4) is 11.8 Å². The summed E-state index contributed by atoms with van der Waals surface area (Å²) in [6, 6.07) is 9.33. The van der Waals surface area contributed by atoms with Crippen molar-refractivity contribution < 1.29 is 9.53 Å². The maximum Gasteiger partial charge on any atom is 0.238 e. The van der Waals surface area contributed by atoms with Crippen molar-refractivity contribution >= 4 is 17.4 Å². The highest BCUT2D eigenvalue weighted by molar-refractivity contribution is 5.92. The fraction of sp³-hybridized carbons (Fsp3) is 0.368. The summed E-state index contributed by atoms with van der Waals surface area (Å²) in [5.74, 6) is 1.51. The summed E-state index contributed by atoms with van der Waals surface area (Å²) in [6.07, 6.45) is 3.10.